The van der Waals surface area contributed by atoms with E-state index < -0.39 is 15.9 Å². The fraction of sp³-hybridized carbons (Fsp3) is 0.136. The Kier molecular flexibility index (Phi) is 6.64. The number of hydrogen-bond acceptors (Lipinski definition) is 4. The van der Waals surface area contributed by atoms with Crippen molar-refractivity contribution in [3.63, 3.8) is 0 Å². The van der Waals surface area contributed by atoms with Crippen LogP contribution < -0.4 is 14.8 Å². The average Bonchev–Trinajstić information content (AvgIpc) is 2.73. The first-order valence-corrected chi connectivity index (χ1v) is 11.0. The van der Waals surface area contributed by atoms with Crippen molar-refractivity contribution in [2.75, 3.05) is 11.8 Å². The van der Waals surface area contributed by atoms with Gasteiger partial charge in [0.05, 0.1) is 17.8 Å². The summed E-state index contributed by atoms with van der Waals surface area (Å²) in [5.74, 6) is -0.0343. The number of amides is 1. The summed E-state index contributed by atoms with van der Waals surface area (Å²) < 4.78 is 33.4. The molecular weight excluding hydrogens is 424 g/mol. The third kappa shape index (κ3) is 4.93. The van der Waals surface area contributed by atoms with Crippen LogP contribution in [0.3, 0.4) is 0 Å². The molecule has 3 aromatic rings. The number of benzene rings is 3. The smallest absolute Gasteiger partial charge is 0.263 e. The Morgan fingerprint density at radius 2 is 1.73 bits per heavy atom. The van der Waals surface area contributed by atoms with Crippen molar-refractivity contribution in [1.29, 1.82) is 0 Å². The van der Waals surface area contributed by atoms with Crippen molar-refractivity contribution in [3.05, 3.63) is 88.4 Å². The van der Waals surface area contributed by atoms with Gasteiger partial charge in [0.15, 0.2) is 0 Å². The molecule has 1 amide bonds. The van der Waals surface area contributed by atoms with Gasteiger partial charge in [-0.25, -0.2) is 8.42 Å². The molecule has 2 N–H and O–H groups in total. The van der Waals surface area contributed by atoms with Crippen LogP contribution in [0, 0.1) is 6.92 Å². The lowest BCUT2D eigenvalue weighted by molar-refractivity contribution is 0.0950. The summed E-state index contributed by atoms with van der Waals surface area (Å²) in [6, 6.07) is 18.4. The molecule has 0 spiro atoms. The van der Waals surface area contributed by atoms with Crippen LogP contribution in [0.1, 0.15) is 21.5 Å². The Balaban J connectivity index is 1.83. The van der Waals surface area contributed by atoms with Crippen LogP contribution >= 0.6 is 11.6 Å². The quantitative estimate of drug-likeness (QED) is 0.566. The monoisotopic (exact) mass is 444 g/mol. The van der Waals surface area contributed by atoms with E-state index in [0.717, 1.165) is 11.1 Å². The maximum Gasteiger partial charge on any atom is 0.263 e. The maximum atomic E-state index is 12.9. The molecule has 0 aliphatic heterocycles. The SMILES string of the molecule is COc1ccccc1NS(=O)(=O)c1cc(C(=O)NCc2ccccc2C)ccc1Cl. The van der Waals surface area contributed by atoms with E-state index in [1.54, 1.807) is 24.3 Å². The molecule has 0 heterocycles. The van der Waals surface area contributed by atoms with Gasteiger partial charge in [-0.1, -0.05) is 48.0 Å². The van der Waals surface area contributed by atoms with E-state index in [4.69, 9.17) is 16.3 Å². The second-order valence-corrected chi connectivity index (χ2v) is 8.62. The molecule has 30 heavy (non-hydrogen) atoms. The minimum atomic E-state index is -4.05. The van der Waals surface area contributed by atoms with Gasteiger partial charge in [0.1, 0.15) is 10.6 Å². The van der Waals surface area contributed by atoms with Crippen LogP contribution in [0.25, 0.3) is 0 Å². The fourth-order valence-corrected chi connectivity index (χ4v) is 4.46. The number of sulfonamides is 1. The molecule has 6 nitrogen and oxygen atoms in total. The zero-order valence-corrected chi connectivity index (χ0v) is 18.0. The molecular formula is C22H21ClN2O4S. The van der Waals surface area contributed by atoms with Gasteiger partial charge in [-0.05, 0) is 48.4 Å². The van der Waals surface area contributed by atoms with E-state index in [-0.39, 0.29) is 21.2 Å². The van der Waals surface area contributed by atoms with E-state index >= 15 is 0 Å². The summed E-state index contributed by atoms with van der Waals surface area (Å²) in [5, 5.41) is 2.81. The Morgan fingerprint density at radius 1 is 1.03 bits per heavy atom. The Bertz CT molecular complexity index is 1180. The molecule has 0 fully saturated rings. The normalized spacial score (nSPS) is 11.0. The van der Waals surface area contributed by atoms with Crippen LogP contribution in [0.2, 0.25) is 5.02 Å². The van der Waals surface area contributed by atoms with Gasteiger partial charge in [-0.15, -0.1) is 0 Å². The number of anilines is 1. The predicted molar refractivity (Wildman–Crippen MR) is 118 cm³/mol. The first-order valence-electron chi connectivity index (χ1n) is 9.10. The van der Waals surface area contributed by atoms with Crippen molar-refractivity contribution in [3.8, 4) is 5.75 Å². The lowest BCUT2D eigenvalue weighted by Crippen LogP contribution is -2.24. The van der Waals surface area contributed by atoms with Gasteiger partial charge < -0.3 is 10.1 Å². The van der Waals surface area contributed by atoms with Crippen molar-refractivity contribution < 1.29 is 17.9 Å². The van der Waals surface area contributed by atoms with Crippen LogP contribution in [0.15, 0.2) is 71.6 Å². The van der Waals surface area contributed by atoms with E-state index in [0.29, 0.717) is 12.3 Å². The topological polar surface area (TPSA) is 84.5 Å². The highest BCUT2D eigenvalue weighted by atomic mass is 35.5. The standard InChI is InChI=1S/C22H21ClN2O4S/c1-15-7-3-4-8-17(15)14-24-22(26)16-11-12-18(23)21(13-16)30(27,28)25-19-9-5-6-10-20(19)29-2/h3-13,25H,14H2,1-2H3,(H,24,26). The maximum absolute atomic E-state index is 12.9. The van der Waals surface area contributed by atoms with Crippen LogP contribution in [0.4, 0.5) is 5.69 Å². The van der Waals surface area contributed by atoms with Crippen molar-refractivity contribution in [1.82, 2.24) is 5.32 Å². The molecule has 0 aliphatic carbocycles. The number of methoxy groups -OCH3 is 1. The molecule has 3 aromatic carbocycles. The second-order valence-electron chi connectivity index (χ2n) is 6.56. The van der Waals surface area contributed by atoms with E-state index in [1.807, 2.05) is 31.2 Å². The average molecular weight is 445 g/mol. The molecule has 0 bridgehead atoms. The highest BCUT2D eigenvalue weighted by Gasteiger charge is 2.21. The summed E-state index contributed by atoms with van der Waals surface area (Å²) in [6.45, 7) is 2.29. The van der Waals surface area contributed by atoms with Gasteiger partial charge in [0.25, 0.3) is 15.9 Å². The highest BCUT2D eigenvalue weighted by molar-refractivity contribution is 7.92. The van der Waals surface area contributed by atoms with E-state index in [2.05, 4.69) is 10.0 Å². The summed E-state index contributed by atoms with van der Waals surface area (Å²) >= 11 is 6.14. The number of para-hydroxylation sites is 2. The second kappa shape index (κ2) is 9.19. The summed E-state index contributed by atoms with van der Waals surface area (Å²) in [7, 11) is -2.60. The molecule has 0 saturated carbocycles. The van der Waals surface area contributed by atoms with Crippen LogP contribution in [-0.4, -0.2) is 21.4 Å². The number of hydrogen-bond donors (Lipinski definition) is 2. The number of ether oxygens (including phenoxy) is 1. The number of carbonyl (C=O) groups is 1. The van der Waals surface area contributed by atoms with Crippen LogP contribution in [-0.2, 0) is 16.6 Å². The Morgan fingerprint density at radius 3 is 2.47 bits per heavy atom. The van der Waals surface area contributed by atoms with Gasteiger partial charge >= 0.3 is 0 Å². The molecule has 0 unspecified atom stereocenters. The molecule has 0 atom stereocenters. The number of nitrogens with one attached hydrogen (secondary N) is 2. The summed E-state index contributed by atoms with van der Waals surface area (Å²) in [4.78, 5) is 12.4. The van der Waals surface area contributed by atoms with Gasteiger partial charge in [0, 0.05) is 12.1 Å². The van der Waals surface area contributed by atoms with Crippen LogP contribution in [0.5, 0.6) is 5.75 Å². The molecule has 8 heteroatoms. The highest BCUT2D eigenvalue weighted by Crippen LogP contribution is 2.29. The predicted octanol–water partition coefficient (Wildman–Crippen LogP) is 4.39. The number of carbonyl (C=O) groups excluding carboxylic acids is 1. The lowest BCUT2D eigenvalue weighted by atomic mass is 10.1. The van der Waals surface area contributed by atoms with Gasteiger partial charge in [0.2, 0.25) is 0 Å². The molecule has 156 valence electrons. The van der Waals surface area contributed by atoms with Crippen molar-refractivity contribution in [2.45, 2.75) is 18.4 Å². The molecule has 0 saturated heterocycles. The number of rotatable bonds is 7. The third-order valence-electron chi connectivity index (χ3n) is 4.53. The number of aryl methyl sites for hydroxylation is 1. The lowest BCUT2D eigenvalue weighted by Gasteiger charge is -2.13. The molecule has 0 radical (unpaired) electrons. The Hall–Kier alpha value is -3.03. The fourth-order valence-electron chi connectivity index (χ4n) is 2.87. The third-order valence-corrected chi connectivity index (χ3v) is 6.38. The van der Waals surface area contributed by atoms with E-state index in [1.165, 1.54) is 25.3 Å². The molecule has 0 aromatic heterocycles. The first-order chi connectivity index (χ1) is 14.3. The zero-order valence-electron chi connectivity index (χ0n) is 16.5. The van der Waals surface area contributed by atoms with E-state index in [9.17, 15) is 13.2 Å². The summed E-state index contributed by atoms with van der Waals surface area (Å²) in [5.41, 5.74) is 2.49. The first kappa shape index (κ1) is 21.7. The van der Waals surface area contributed by atoms with Gasteiger partial charge in [-0.3, -0.25) is 9.52 Å². The van der Waals surface area contributed by atoms with Gasteiger partial charge in [-0.2, -0.15) is 0 Å². The minimum Gasteiger partial charge on any atom is -0.495 e. The molecule has 3 rings (SSSR count). The van der Waals surface area contributed by atoms with Crippen molar-refractivity contribution >= 4 is 33.2 Å². The van der Waals surface area contributed by atoms with Crippen molar-refractivity contribution in [2.24, 2.45) is 0 Å². The largest absolute Gasteiger partial charge is 0.495 e. The number of halogens is 1. The Labute approximate surface area is 180 Å². The molecule has 0 aliphatic rings. The summed E-state index contributed by atoms with van der Waals surface area (Å²) in [6.07, 6.45) is 0. The zero-order chi connectivity index (χ0) is 21.7. The minimum absolute atomic E-state index is 0.00727.